The fourth-order valence-electron chi connectivity index (χ4n) is 6.93. The minimum atomic E-state index is 0.589. The molecule has 0 spiro atoms. The van der Waals surface area contributed by atoms with E-state index in [2.05, 4.69) is 77.3 Å². The first kappa shape index (κ1) is 29.6. The highest BCUT2D eigenvalue weighted by Gasteiger charge is 2.26. The zero-order chi connectivity index (χ0) is 33.5. The molecule has 0 unspecified atom stereocenters. The predicted octanol–water partition coefficient (Wildman–Crippen LogP) is 10.2. The molecule has 0 saturated carbocycles. The van der Waals surface area contributed by atoms with Crippen molar-refractivity contribution < 1.29 is 0 Å². The number of nitrogens with zero attached hydrogens (tertiary/aromatic N) is 6. The van der Waals surface area contributed by atoms with E-state index in [0.717, 1.165) is 79.3 Å². The Labute approximate surface area is 284 Å². The van der Waals surface area contributed by atoms with Crippen LogP contribution < -0.4 is 0 Å². The fourth-order valence-corrected chi connectivity index (χ4v) is 6.93. The van der Waals surface area contributed by atoms with Crippen LogP contribution in [0.15, 0.2) is 128 Å². The monoisotopic (exact) mass is 630 g/mol. The lowest BCUT2D eigenvalue weighted by molar-refractivity contribution is 0.931. The standard InChI is InChI=1S/C43H30N6/c1-3-4-18-36-28(2)34-24-29(26-44)20-22-38(34)48(36)42-43(49-37-19-12-11-17-33(37)35-25-30(27-45)21-23-39(35)49)47-41(32-15-9-6-10-16-32)40(46-42)31-13-7-5-8-14-31/h3-9,11-15,17-25H,1,10,16H2,2H3/b18-4-. The van der Waals surface area contributed by atoms with Gasteiger partial charge >= 0.3 is 0 Å². The van der Waals surface area contributed by atoms with Crippen molar-refractivity contribution in [3.63, 3.8) is 0 Å². The van der Waals surface area contributed by atoms with Crippen molar-refractivity contribution >= 4 is 44.4 Å². The van der Waals surface area contributed by atoms with Crippen LogP contribution in [-0.4, -0.2) is 19.1 Å². The Bertz CT molecular complexity index is 2650. The average molecular weight is 631 g/mol. The van der Waals surface area contributed by atoms with Gasteiger partial charge in [0.2, 0.25) is 0 Å². The molecule has 0 bridgehead atoms. The average Bonchev–Trinajstić information content (AvgIpc) is 3.64. The van der Waals surface area contributed by atoms with E-state index in [9.17, 15) is 10.5 Å². The second-order valence-corrected chi connectivity index (χ2v) is 12.1. The van der Waals surface area contributed by atoms with Gasteiger partial charge in [0.05, 0.1) is 56.9 Å². The number of rotatable bonds is 6. The van der Waals surface area contributed by atoms with E-state index in [1.807, 2.05) is 78.9 Å². The van der Waals surface area contributed by atoms with E-state index in [-0.39, 0.29) is 0 Å². The van der Waals surface area contributed by atoms with Crippen LogP contribution in [0.5, 0.6) is 0 Å². The topological polar surface area (TPSA) is 83.2 Å². The second-order valence-electron chi connectivity index (χ2n) is 12.1. The van der Waals surface area contributed by atoms with Gasteiger partial charge in [0.25, 0.3) is 0 Å². The minimum absolute atomic E-state index is 0.589. The van der Waals surface area contributed by atoms with Crippen LogP contribution >= 0.6 is 0 Å². The lowest BCUT2D eigenvalue weighted by Crippen LogP contribution is -2.13. The van der Waals surface area contributed by atoms with Gasteiger partial charge in [-0.05, 0) is 79.4 Å². The molecule has 6 nitrogen and oxygen atoms in total. The zero-order valence-corrected chi connectivity index (χ0v) is 26.9. The second kappa shape index (κ2) is 12.1. The van der Waals surface area contributed by atoms with Crippen molar-refractivity contribution in [1.29, 1.82) is 10.5 Å². The fraction of sp³-hybridized carbons (Fsp3) is 0.0698. The van der Waals surface area contributed by atoms with E-state index in [1.165, 1.54) is 0 Å². The molecule has 7 aromatic rings. The maximum Gasteiger partial charge on any atom is 0.182 e. The van der Waals surface area contributed by atoms with Gasteiger partial charge in [-0.2, -0.15) is 10.5 Å². The van der Waals surface area contributed by atoms with Crippen LogP contribution in [0.4, 0.5) is 0 Å². The zero-order valence-electron chi connectivity index (χ0n) is 26.9. The van der Waals surface area contributed by atoms with Gasteiger partial charge in [0, 0.05) is 21.7 Å². The van der Waals surface area contributed by atoms with Crippen molar-refractivity contribution in [2.45, 2.75) is 19.8 Å². The summed E-state index contributed by atoms with van der Waals surface area (Å²) >= 11 is 0. The Kier molecular flexibility index (Phi) is 7.33. The Balaban J connectivity index is 1.59. The molecule has 0 amide bonds. The molecule has 232 valence electrons. The van der Waals surface area contributed by atoms with Crippen LogP contribution in [0.3, 0.4) is 0 Å². The van der Waals surface area contributed by atoms with Crippen molar-refractivity contribution in [3.8, 4) is 35.0 Å². The van der Waals surface area contributed by atoms with Crippen molar-refractivity contribution in [1.82, 2.24) is 19.1 Å². The van der Waals surface area contributed by atoms with E-state index >= 15 is 0 Å². The summed E-state index contributed by atoms with van der Waals surface area (Å²) in [6.45, 7) is 6.02. The number of aromatic nitrogens is 4. The van der Waals surface area contributed by atoms with Crippen molar-refractivity contribution in [2.75, 3.05) is 0 Å². The van der Waals surface area contributed by atoms with Gasteiger partial charge in [-0.25, -0.2) is 9.97 Å². The number of para-hydroxylation sites is 1. The third-order valence-electron chi connectivity index (χ3n) is 9.24. The van der Waals surface area contributed by atoms with Gasteiger partial charge in [0.1, 0.15) is 0 Å². The van der Waals surface area contributed by atoms with Gasteiger partial charge in [-0.3, -0.25) is 9.13 Å². The normalized spacial score (nSPS) is 12.8. The molecule has 8 rings (SSSR count). The third-order valence-corrected chi connectivity index (χ3v) is 9.24. The number of nitriles is 2. The highest BCUT2D eigenvalue weighted by Crippen LogP contribution is 2.40. The van der Waals surface area contributed by atoms with Crippen LogP contribution in [0.25, 0.3) is 67.3 Å². The SMILES string of the molecule is C=C/C=C\c1c(C)c2cc(C#N)ccc2n1-c1nc(-c2ccccc2)c(C2=CC=CCC2)nc1-n1c2ccccc2c2cc(C#N)ccc21. The number of aryl methyl sites for hydroxylation is 1. The molecular formula is C43H30N6. The minimum Gasteiger partial charge on any atom is -0.291 e. The van der Waals surface area contributed by atoms with Gasteiger partial charge in [-0.1, -0.05) is 85.5 Å². The first-order valence-corrected chi connectivity index (χ1v) is 16.2. The highest BCUT2D eigenvalue weighted by atomic mass is 15.2. The molecule has 0 aliphatic heterocycles. The largest absolute Gasteiger partial charge is 0.291 e. The maximum atomic E-state index is 9.82. The number of benzene rings is 4. The summed E-state index contributed by atoms with van der Waals surface area (Å²) in [5.74, 6) is 1.31. The Morgan fingerprint density at radius 1 is 0.735 bits per heavy atom. The van der Waals surface area contributed by atoms with Crippen LogP contribution in [-0.2, 0) is 0 Å². The number of allylic oxidation sites excluding steroid dienone is 6. The molecule has 49 heavy (non-hydrogen) atoms. The van der Waals surface area contributed by atoms with E-state index in [0.29, 0.717) is 22.8 Å². The molecule has 0 atom stereocenters. The summed E-state index contributed by atoms with van der Waals surface area (Å²) < 4.78 is 4.33. The quantitative estimate of drug-likeness (QED) is 0.171. The van der Waals surface area contributed by atoms with E-state index < -0.39 is 0 Å². The molecule has 3 aromatic heterocycles. The summed E-state index contributed by atoms with van der Waals surface area (Å²) in [5.41, 5.74) is 9.63. The molecule has 1 aliphatic carbocycles. The molecule has 0 N–H and O–H groups in total. The van der Waals surface area contributed by atoms with Gasteiger partial charge in [-0.15, -0.1) is 0 Å². The van der Waals surface area contributed by atoms with Crippen LogP contribution in [0, 0.1) is 29.6 Å². The summed E-state index contributed by atoms with van der Waals surface area (Å²) in [5, 5.41) is 22.6. The summed E-state index contributed by atoms with van der Waals surface area (Å²) in [6, 6.07) is 34.7. The molecule has 0 fully saturated rings. The Morgan fingerprint density at radius 2 is 1.39 bits per heavy atom. The van der Waals surface area contributed by atoms with Crippen LogP contribution in [0.1, 0.15) is 40.9 Å². The molecule has 6 heteroatoms. The van der Waals surface area contributed by atoms with Gasteiger partial charge < -0.3 is 0 Å². The van der Waals surface area contributed by atoms with E-state index in [1.54, 1.807) is 6.08 Å². The number of hydrogen-bond acceptors (Lipinski definition) is 4. The molecule has 0 radical (unpaired) electrons. The Hall–Kier alpha value is -6.76. The lowest BCUT2D eigenvalue weighted by atomic mass is 9.97. The summed E-state index contributed by atoms with van der Waals surface area (Å²) in [4.78, 5) is 11.2. The van der Waals surface area contributed by atoms with Crippen LogP contribution in [0.2, 0.25) is 0 Å². The summed E-state index contributed by atoms with van der Waals surface area (Å²) in [7, 11) is 0. The summed E-state index contributed by atoms with van der Waals surface area (Å²) in [6.07, 6.45) is 13.9. The maximum absolute atomic E-state index is 9.82. The van der Waals surface area contributed by atoms with E-state index in [4.69, 9.17) is 9.97 Å². The van der Waals surface area contributed by atoms with Gasteiger partial charge in [0.15, 0.2) is 11.6 Å². The molecule has 1 aliphatic rings. The third kappa shape index (κ3) is 4.87. The first-order chi connectivity index (χ1) is 24.1. The number of fused-ring (bicyclic) bond motifs is 4. The first-order valence-electron chi connectivity index (χ1n) is 16.2. The molecule has 4 aromatic carbocycles. The Morgan fingerprint density at radius 3 is 2.10 bits per heavy atom. The van der Waals surface area contributed by atoms with Crippen molar-refractivity contribution in [3.05, 3.63) is 156 Å². The lowest BCUT2D eigenvalue weighted by Gasteiger charge is -2.21. The smallest absolute Gasteiger partial charge is 0.182 e. The highest BCUT2D eigenvalue weighted by molar-refractivity contribution is 6.10. The molecular weight excluding hydrogens is 601 g/mol. The number of hydrogen-bond donors (Lipinski definition) is 0. The predicted molar refractivity (Wildman–Crippen MR) is 198 cm³/mol. The van der Waals surface area contributed by atoms with Crippen molar-refractivity contribution in [2.24, 2.45) is 0 Å². The molecule has 3 heterocycles. The molecule has 0 saturated heterocycles.